The number of benzene rings is 2. The minimum absolute atomic E-state index is 0.0720. The van der Waals surface area contributed by atoms with E-state index >= 15 is 0 Å². The highest BCUT2D eigenvalue weighted by atomic mass is 32.2. The van der Waals surface area contributed by atoms with Gasteiger partial charge in [-0.1, -0.05) is 42.5 Å². The molecule has 1 aliphatic heterocycles. The minimum Gasteiger partial charge on any atom is -0.350 e. The zero-order chi connectivity index (χ0) is 19.8. The van der Waals surface area contributed by atoms with E-state index in [4.69, 9.17) is 0 Å². The molecule has 148 valence electrons. The molecule has 2 aromatic carbocycles. The molecule has 0 radical (unpaired) electrons. The van der Waals surface area contributed by atoms with E-state index in [1.54, 1.807) is 0 Å². The number of rotatable bonds is 8. The zero-order valence-corrected chi connectivity index (χ0v) is 17.2. The van der Waals surface area contributed by atoms with E-state index in [0.717, 1.165) is 43.7 Å². The Kier molecular flexibility index (Phi) is 7.54. The summed E-state index contributed by atoms with van der Waals surface area (Å²) in [7, 11) is 0. The number of amides is 2. The first-order valence-electron chi connectivity index (χ1n) is 9.98. The van der Waals surface area contributed by atoms with Crippen molar-refractivity contribution in [3.63, 3.8) is 0 Å². The van der Waals surface area contributed by atoms with Gasteiger partial charge in [-0.2, -0.15) is 0 Å². The fourth-order valence-electron chi connectivity index (χ4n) is 3.38. The zero-order valence-electron chi connectivity index (χ0n) is 16.4. The molecule has 1 N–H and O–H groups in total. The molecule has 1 heterocycles. The summed E-state index contributed by atoms with van der Waals surface area (Å²) in [5.74, 6) is 0.472. The second-order valence-electron chi connectivity index (χ2n) is 7.27. The number of carbonyl (C=O) groups excluding carboxylic acids is 2. The highest BCUT2D eigenvalue weighted by Gasteiger charge is 2.19. The Morgan fingerprint density at radius 3 is 2.46 bits per heavy atom. The molecule has 28 heavy (non-hydrogen) atoms. The van der Waals surface area contributed by atoms with Gasteiger partial charge in [0.05, 0.1) is 11.3 Å². The van der Waals surface area contributed by atoms with Gasteiger partial charge in [0.15, 0.2) is 0 Å². The van der Waals surface area contributed by atoms with Crippen molar-refractivity contribution in [2.24, 2.45) is 0 Å². The van der Waals surface area contributed by atoms with Crippen LogP contribution in [-0.2, 0) is 11.2 Å². The van der Waals surface area contributed by atoms with Crippen LogP contribution in [0.3, 0.4) is 0 Å². The molecule has 5 heteroatoms. The number of thioether (sulfide) groups is 1. The summed E-state index contributed by atoms with van der Waals surface area (Å²) in [5, 5.41) is 3.10. The fraction of sp³-hybridized carbons (Fsp3) is 0.391. The van der Waals surface area contributed by atoms with Crippen LogP contribution in [0.4, 0.5) is 0 Å². The topological polar surface area (TPSA) is 49.4 Å². The highest BCUT2D eigenvalue weighted by Crippen LogP contribution is 2.24. The van der Waals surface area contributed by atoms with Gasteiger partial charge in [-0.05, 0) is 50.3 Å². The summed E-state index contributed by atoms with van der Waals surface area (Å²) in [6.07, 6.45) is 4.01. The minimum atomic E-state index is -0.0720. The maximum atomic E-state index is 12.8. The molecule has 3 rings (SSSR count). The normalized spacial score (nSPS) is 14.7. The Morgan fingerprint density at radius 1 is 1.04 bits per heavy atom. The van der Waals surface area contributed by atoms with Crippen molar-refractivity contribution in [3.05, 3.63) is 65.7 Å². The number of nitrogens with zero attached hydrogens (tertiary/aromatic N) is 1. The molecule has 1 aliphatic rings. The number of carbonyl (C=O) groups is 2. The average Bonchev–Trinajstić information content (AvgIpc) is 3.26. The SMILES string of the molecule is CC(CCc1ccccc1)NC(=O)c1ccccc1SCC(=O)N1CCCC1. The van der Waals surface area contributed by atoms with Crippen molar-refractivity contribution in [2.45, 2.75) is 43.5 Å². The molecule has 0 aliphatic carbocycles. The van der Waals surface area contributed by atoms with Crippen LogP contribution >= 0.6 is 11.8 Å². The van der Waals surface area contributed by atoms with E-state index in [9.17, 15) is 9.59 Å². The van der Waals surface area contributed by atoms with Crippen molar-refractivity contribution in [1.29, 1.82) is 0 Å². The molecule has 0 aromatic heterocycles. The third kappa shape index (κ3) is 5.86. The molecule has 0 saturated carbocycles. The molecular formula is C23H28N2O2S. The second kappa shape index (κ2) is 10.3. The first kappa shape index (κ1) is 20.5. The number of nitrogens with one attached hydrogen (secondary N) is 1. The summed E-state index contributed by atoms with van der Waals surface area (Å²) < 4.78 is 0. The summed E-state index contributed by atoms with van der Waals surface area (Å²) in [5.41, 5.74) is 1.92. The summed E-state index contributed by atoms with van der Waals surface area (Å²) >= 11 is 1.46. The Labute approximate surface area is 171 Å². The Bertz CT molecular complexity index is 788. The van der Waals surface area contributed by atoms with Gasteiger partial charge in [-0.3, -0.25) is 9.59 Å². The summed E-state index contributed by atoms with van der Waals surface area (Å²) in [4.78, 5) is 27.9. The number of hydrogen-bond acceptors (Lipinski definition) is 3. The summed E-state index contributed by atoms with van der Waals surface area (Å²) in [6.45, 7) is 3.76. The third-order valence-electron chi connectivity index (χ3n) is 5.03. The average molecular weight is 397 g/mol. The van der Waals surface area contributed by atoms with Crippen LogP contribution in [0.1, 0.15) is 42.1 Å². The van der Waals surface area contributed by atoms with Crippen molar-refractivity contribution >= 4 is 23.6 Å². The van der Waals surface area contributed by atoms with E-state index in [-0.39, 0.29) is 17.9 Å². The van der Waals surface area contributed by atoms with Gasteiger partial charge in [0.2, 0.25) is 5.91 Å². The Morgan fingerprint density at radius 2 is 1.71 bits per heavy atom. The maximum Gasteiger partial charge on any atom is 0.252 e. The van der Waals surface area contributed by atoms with Gasteiger partial charge in [0, 0.05) is 24.0 Å². The van der Waals surface area contributed by atoms with Crippen LogP contribution in [-0.4, -0.2) is 41.6 Å². The van der Waals surface area contributed by atoms with E-state index in [1.807, 2.05) is 54.3 Å². The highest BCUT2D eigenvalue weighted by molar-refractivity contribution is 8.00. The van der Waals surface area contributed by atoms with Crippen molar-refractivity contribution < 1.29 is 9.59 Å². The molecule has 2 amide bonds. The lowest BCUT2D eigenvalue weighted by atomic mass is 10.1. The molecule has 1 fully saturated rings. The molecule has 1 unspecified atom stereocenters. The molecule has 0 bridgehead atoms. The van der Waals surface area contributed by atoms with Crippen molar-refractivity contribution in [2.75, 3.05) is 18.8 Å². The van der Waals surface area contributed by atoms with Crippen LogP contribution in [0.25, 0.3) is 0 Å². The van der Waals surface area contributed by atoms with Gasteiger partial charge in [0.1, 0.15) is 0 Å². The molecular weight excluding hydrogens is 368 g/mol. The molecule has 4 nitrogen and oxygen atoms in total. The first-order valence-corrected chi connectivity index (χ1v) is 11.0. The molecule has 1 atom stereocenters. The Balaban J connectivity index is 1.53. The molecule has 2 aromatic rings. The quantitative estimate of drug-likeness (QED) is 0.682. The predicted molar refractivity (Wildman–Crippen MR) is 115 cm³/mol. The molecule has 1 saturated heterocycles. The van der Waals surface area contributed by atoms with E-state index in [1.165, 1.54) is 17.3 Å². The van der Waals surface area contributed by atoms with Crippen LogP contribution < -0.4 is 5.32 Å². The monoisotopic (exact) mass is 396 g/mol. The lowest BCUT2D eigenvalue weighted by Crippen LogP contribution is -2.33. The smallest absolute Gasteiger partial charge is 0.252 e. The first-order chi connectivity index (χ1) is 13.6. The number of hydrogen-bond donors (Lipinski definition) is 1. The lowest BCUT2D eigenvalue weighted by Gasteiger charge is -2.17. The number of aryl methyl sites for hydroxylation is 1. The van der Waals surface area contributed by atoms with Gasteiger partial charge in [-0.25, -0.2) is 0 Å². The van der Waals surface area contributed by atoms with Crippen LogP contribution in [0.5, 0.6) is 0 Å². The maximum absolute atomic E-state index is 12.8. The van der Waals surface area contributed by atoms with Crippen LogP contribution in [0, 0.1) is 0 Å². The fourth-order valence-corrected chi connectivity index (χ4v) is 4.33. The van der Waals surface area contributed by atoms with Gasteiger partial charge >= 0.3 is 0 Å². The van der Waals surface area contributed by atoms with Crippen LogP contribution in [0.2, 0.25) is 0 Å². The van der Waals surface area contributed by atoms with Gasteiger partial charge in [0.25, 0.3) is 5.91 Å². The summed E-state index contributed by atoms with van der Waals surface area (Å²) in [6, 6.07) is 17.9. The van der Waals surface area contributed by atoms with Crippen molar-refractivity contribution in [1.82, 2.24) is 10.2 Å². The number of likely N-dealkylation sites (tertiary alicyclic amines) is 1. The van der Waals surface area contributed by atoms with Crippen LogP contribution in [0.15, 0.2) is 59.5 Å². The van der Waals surface area contributed by atoms with E-state index in [2.05, 4.69) is 17.4 Å². The van der Waals surface area contributed by atoms with Gasteiger partial charge in [-0.15, -0.1) is 11.8 Å². The third-order valence-corrected chi connectivity index (χ3v) is 6.09. The molecule has 0 spiro atoms. The van der Waals surface area contributed by atoms with E-state index in [0.29, 0.717) is 11.3 Å². The van der Waals surface area contributed by atoms with Gasteiger partial charge < -0.3 is 10.2 Å². The Hall–Kier alpha value is -2.27. The predicted octanol–water partition coefficient (Wildman–Crippen LogP) is 4.15. The lowest BCUT2D eigenvalue weighted by molar-refractivity contribution is -0.127. The largest absolute Gasteiger partial charge is 0.350 e. The standard InChI is InChI=1S/C23H28N2O2S/c1-18(13-14-19-9-3-2-4-10-19)24-23(27)20-11-5-6-12-21(20)28-17-22(26)25-15-7-8-16-25/h2-6,9-12,18H,7-8,13-17H2,1H3,(H,24,27). The van der Waals surface area contributed by atoms with Crippen molar-refractivity contribution in [3.8, 4) is 0 Å². The second-order valence-corrected chi connectivity index (χ2v) is 8.29. The van der Waals surface area contributed by atoms with E-state index < -0.39 is 0 Å².